The summed E-state index contributed by atoms with van der Waals surface area (Å²) in [5.74, 6) is 0.791. The van der Waals surface area contributed by atoms with Crippen LogP contribution in [-0.2, 0) is 5.41 Å². The maximum atomic E-state index is 2.40. The van der Waals surface area contributed by atoms with Gasteiger partial charge in [-0.1, -0.05) is 43.7 Å². The summed E-state index contributed by atoms with van der Waals surface area (Å²) in [5, 5.41) is 0. The average molecular weight is 184 g/mol. The molecule has 1 atom stereocenters. The molecule has 0 saturated heterocycles. The van der Waals surface area contributed by atoms with Crippen molar-refractivity contribution in [3.63, 3.8) is 0 Å². The fourth-order valence-electron chi connectivity index (χ4n) is 2.98. The summed E-state index contributed by atoms with van der Waals surface area (Å²) in [6.07, 6.45) is 3.67. The molecule has 0 fully saturated rings. The number of benzene rings is 1. The maximum Gasteiger partial charge on any atom is -0.00258 e. The third-order valence-electron chi connectivity index (χ3n) is 4.00. The molecular formula is C14H16. The van der Waals surface area contributed by atoms with E-state index >= 15 is 0 Å². The van der Waals surface area contributed by atoms with Crippen molar-refractivity contribution in [2.45, 2.75) is 32.6 Å². The Kier molecular flexibility index (Phi) is 1.36. The highest BCUT2D eigenvalue weighted by atomic mass is 14.5. The van der Waals surface area contributed by atoms with E-state index in [9.17, 15) is 0 Å². The largest absolute Gasteiger partial charge is 0.0797 e. The molecule has 0 aromatic heterocycles. The van der Waals surface area contributed by atoms with Crippen molar-refractivity contribution in [1.82, 2.24) is 0 Å². The lowest BCUT2D eigenvalue weighted by Crippen LogP contribution is -2.26. The number of rotatable bonds is 0. The zero-order valence-corrected chi connectivity index (χ0v) is 9.09. The minimum absolute atomic E-state index is 0.368. The molecule has 0 aliphatic heterocycles. The monoisotopic (exact) mass is 184 g/mol. The van der Waals surface area contributed by atoms with Gasteiger partial charge in [0, 0.05) is 0 Å². The smallest absolute Gasteiger partial charge is 0.00258 e. The summed E-state index contributed by atoms with van der Waals surface area (Å²) in [7, 11) is 0. The van der Waals surface area contributed by atoms with Crippen molar-refractivity contribution in [2.75, 3.05) is 0 Å². The molecule has 0 unspecified atom stereocenters. The van der Waals surface area contributed by atoms with Gasteiger partial charge in [-0.25, -0.2) is 0 Å². The van der Waals surface area contributed by atoms with E-state index in [0.717, 1.165) is 5.92 Å². The van der Waals surface area contributed by atoms with Crippen LogP contribution in [0.25, 0.3) is 5.57 Å². The standard InChI is InChI=1S/C14H16/c1-9-4-6-13-11(8-9)10-5-7-12(10)14(13,2)3/h4-6,8,12H,7H2,1-3H3/t12-/m1/s1. The molecule has 0 nitrogen and oxygen atoms in total. The Morgan fingerprint density at radius 1 is 1.29 bits per heavy atom. The molecule has 14 heavy (non-hydrogen) atoms. The van der Waals surface area contributed by atoms with Crippen molar-refractivity contribution in [3.8, 4) is 0 Å². The Morgan fingerprint density at radius 2 is 2.07 bits per heavy atom. The highest BCUT2D eigenvalue weighted by Gasteiger charge is 2.45. The van der Waals surface area contributed by atoms with Crippen LogP contribution < -0.4 is 0 Å². The summed E-state index contributed by atoms with van der Waals surface area (Å²) >= 11 is 0. The van der Waals surface area contributed by atoms with Crippen LogP contribution in [0.1, 0.15) is 37.0 Å². The molecule has 0 amide bonds. The van der Waals surface area contributed by atoms with E-state index in [1.807, 2.05) is 0 Å². The molecule has 1 aromatic carbocycles. The maximum absolute atomic E-state index is 2.40. The van der Waals surface area contributed by atoms with Gasteiger partial charge in [0.1, 0.15) is 0 Å². The van der Waals surface area contributed by atoms with Crippen LogP contribution in [0.4, 0.5) is 0 Å². The van der Waals surface area contributed by atoms with Crippen LogP contribution >= 0.6 is 0 Å². The van der Waals surface area contributed by atoms with Crippen molar-refractivity contribution >= 4 is 5.57 Å². The molecule has 1 aromatic rings. The van der Waals surface area contributed by atoms with Crippen molar-refractivity contribution < 1.29 is 0 Å². The van der Waals surface area contributed by atoms with Gasteiger partial charge in [0.15, 0.2) is 0 Å². The third-order valence-corrected chi connectivity index (χ3v) is 4.00. The van der Waals surface area contributed by atoms with E-state index in [4.69, 9.17) is 0 Å². The minimum Gasteiger partial charge on any atom is -0.0797 e. The summed E-state index contributed by atoms with van der Waals surface area (Å²) in [6.45, 7) is 6.94. The van der Waals surface area contributed by atoms with Crippen molar-refractivity contribution in [1.29, 1.82) is 0 Å². The molecule has 3 rings (SSSR count). The highest BCUT2D eigenvalue weighted by Crippen LogP contribution is 2.56. The summed E-state index contributed by atoms with van der Waals surface area (Å²) in [5.41, 5.74) is 6.43. The molecule has 2 aliphatic rings. The normalized spacial score (nSPS) is 26.2. The first-order valence-electron chi connectivity index (χ1n) is 5.42. The Balaban J connectivity index is 2.29. The molecule has 0 spiro atoms. The molecule has 0 bridgehead atoms. The quantitative estimate of drug-likeness (QED) is 0.577. The number of fused-ring (bicyclic) bond motifs is 3. The first kappa shape index (κ1) is 8.28. The first-order chi connectivity index (χ1) is 6.60. The molecule has 2 aliphatic carbocycles. The van der Waals surface area contributed by atoms with Gasteiger partial charge in [-0.05, 0) is 41.4 Å². The van der Waals surface area contributed by atoms with E-state index < -0.39 is 0 Å². The zero-order chi connectivity index (χ0) is 9.92. The van der Waals surface area contributed by atoms with Gasteiger partial charge in [-0.3, -0.25) is 0 Å². The van der Waals surface area contributed by atoms with Gasteiger partial charge < -0.3 is 0 Å². The zero-order valence-electron chi connectivity index (χ0n) is 9.09. The highest BCUT2D eigenvalue weighted by molar-refractivity contribution is 5.81. The Labute approximate surface area is 85.6 Å². The van der Waals surface area contributed by atoms with Crippen molar-refractivity contribution in [2.24, 2.45) is 5.92 Å². The summed E-state index contributed by atoms with van der Waals surface area (Å²) in [6, 6.07) is 6.91. The van der Waals surface area contributed by atoms with Crippen LogP contribution in [0, 0.1) is 12.8 Å². The predicted octanol–water partition coefficient (Wildman–Crippen LogP) is 3.69. The number of hydrogen-bond donors (Lipinski definition) is 0. The van der Waals surface area contributed by atoms with Crippen molar-refractivity contribution in [3.05, 3.63) is 41.0 Å². The van der Waals surface area contributed by atoms with Crippen LogP contribution in [-0.4, -0.2) is 0 Å². The van der Waals surface area contributed by atoms with Crippen LogP contribution in [0.3, 0.4) is 0 Å². The summed E-state index contributed by atoms with van der Waals surface area (Å²) < 4.78 is 0. The van der Waals surface area contributed by atoms with Crippen LogP contribution in [0.5, 0.6) is 0 Å². The van der Waals surface area contributed by atoms with Gasteiger partial charge >= 0.3 is 0 Å². The van der Waals surface area contributed by atoms with Gasteiger partial charge in [0.25, 0.3) is 0 Å². The van der Waals surface area contributed by atoms with Crippen LogP contribution in [0.2, 0.25) is 0 Å². The third kappa shape index (κ3) is 0.796. The lowest BCUT2D eigenvalue weighted by molar-refractivity contribution is 0.398. The lowest BCUT2D eigenvalue weighted by Gasteiger charge is -2.32. The molecule has 72 valence electrons. The number of aryl methyl sites for hydroxylation is 1. The van der Waals surface area contributed by atoms with E-state index in [1.54, 1.807) is 11.1 Å². The van der Waals surface area contributed by atoms with E-state index in [2.05, 4.69) is 45.0 Å². The minimum atomic E-state index is 0.368. The van der Waals surface area contributed by atoms with E-state index in [1.165, 1.54) is 17.5 Å². The SMILES string of the molecule is Cc1ccc2c(c1)C1=CC[C@H]1C2(C)C. The van der Waals surface area contributed by atoms with E-state index in [-0.39, 0.29) is 0 Å². The Bertz CT molecular complexity index is 435. The van der Waals surface area contributed by atoms with Gasteiger partial charge in [-0.15, -0.1) is 0 Å². The molecule has 0 heterocycles. The average Bonchev–Trinajstić information content (AvgIpc) is 2.12. The molecule has 0 N–H and O–H groups in total. The molecule has 0 heteroatoms. The fraction of sp³-hybridized carbons (Fsp3) is 0.429. The number of allylic oxidation sites excluding steroid dienone is 2. The van der Waals surface area contributed by atoms with Gasteiger partial charge in [0.05, 0.1) is 0 Å². The predicted molar refractivity (Wildman–Crippen MR) is 60.3 cm³/mol. The van der Waals surface area contributed by atoms with Crippen LogP contribution in [0.15, 0.2) is 24.3 Å². The first-order valence-corrected chi connectivity index (χ1v) is 5.42. The molecule has 0 saturated carbocycles. The second-order valence-electron chi connectivity index (χ2n) is 5.22. The molecular weight excluding hydrogens is 168 g/mol. The van der Waals surface area contributed by atoms with E-state index in [0.29, 0.717) is 5.41 Å². The lowest BCUT2D eigenvalue weighted by atomic mass is 9.71. The van der Waals surface area contributed by atoms with Gasteiger partial charge in [-0.2, -0.15) is 0 Å². The fourth-order valence-corrected chi connectivity index (χ4v) is 2.98. The van der Waals surface area contributed by atoms with Gasteiger partial charge in [0.2, 0.25) is 0 Å². The second kappa shape index (κ2) is 2.31. The Hall–Kier alpha value is -1.04. The summed E-state index contributed by atoms with van der Waals surface area (Å²) in [4.78, 5) is 0. The number of hydrogen-bond acceptors (Lipinski definition) is 0. The topological polar surface area (TPSA) is 0 Å². The Morgan fingerprint density at radius 3 is 2.71 bits per heavy atom. The molecule has 0 radical (unpaired) electrons. The second-order valence-corrected chi connectivity index (χ2v) is 5.22.